The second-order valence-electron chi connectivity index (χ2n) is 5.39. The zero-order chi connectivity index (χ0) is 18.7. The van der Waals surface area contributed by atoms with Crippen molar-refractivity contribution in [2.45, 2.75) is 13.3 Å². The predicted molar refractivity (Wildman–Crippen MR) is 105 cm³/mol. The highest BCUT2D eigenvalue weighted by Crippen LogP contribution is 2.41. The van der Waals surface area contributed by atoms with E-state index in [4.69, 9.17) is 9.15 Å². The van der Waals surface area contributed by atoms with Crippen LogP contribution < -0.4 is 5.32 Å². The maximum absolute atomic E-state index is 12.5. The quantitative estimate of drug-likeness (QED) is 0.548. The topological polar surface area (TPSA) is 68.5 Å². The molecule has 134 valence electrons. The van der Waals surface area contributed by atoms with Crippen molar-refractivity contribution in [3.63, 3.8) is 0 Å². The van der Waals surface area contributed by atoms with Gasteiger partial charge >= 0.3 is 5.97 Å². The van der Waals surface area contributed by atoms with Gasteiger partial charge in [-0.3, -0.25) is 4.79 Å². The van der Waals surface area contributed by atoms with Gasteiger partial charge < -0.3 is 14.5 Å². The molecule has 0 atom stereocenters. The minimum atomic E-state index is -0.492. The van der Waals surface area contributed by atoms with Crippen LogP contribution in [0.5, 0.6) is 0 Å². The van der Waals surface area contributed by atoms with Crippen molar-refractivity contribution in [3.05, 3.63) is 63.3 Å². The van der Waals surface area contributed by atoms with E-state index in [9.17, 15) is 9.59 Å². The SMILES string of the molecule is CCc1sc(NC(=O)c2ccco2)c(C(=O)OC)c1-c1ccc(Br)cc1. The van der Waals surface area contributed by atoms with Gasteiger partial charge in [0.2, 0.25) is 0 Å². The number of ether oxygens (including phenoxy) is 1. The number of rotatable bonds is 5. The van der Waals surface area contributed by atoms with E-state index in [2.05, 4.69) is 21.2 Å². The minimum absolute atomic E-state index is 0.178. The van der Waals surface area contributed by atoms with Gasteiger partial charge in [0.1, 0.15) is 10.6 Å². The maximum atomic E-state index is 12.5. The molecule has 3 aromatic rings. The van der Waals surface area contributed by atoms with Crippen LogP contribution in [-0.4, -0.2) is 19.0 Å². The predicted octanol–water partition coefficient (Wildman–Crippen LogP) is 5.37. The summed E-state index contributed by atoms with van der Waals surface area (Å²) < 4.78 is 11.0. The van der Waals surface area contributed by atoms with Crippen LogP contribution in [-0.2, 0) is 11.2 Å². The molecule has 3 rings (SSSR count). The van der Waals surface area contributed by atoms with E-state index in [0.717, 1.165) is 26.9 Å². The van der Waals surface area contributed by atoms with E-state index in [-0.39, 0.29) is 5.76 Å². The first-order valence-electron chi connectivity index (χ1n) is 7.90. The first-order chi connectivity index (χ1) is 12.5. The molecule has 7 heteroatoms. The minimum Gasteiger partial charge on any atom is -0.465 e. The number of hydrogen-bond acceptors (Lipinski definition) is 5. The van der Waals surface area contributed by atoms with E-state index < -0.39 is 11.9 Å². The fraction of sp³-hybridized carbons (Fsp3) is 0.158. The molecule has 0 aliphatic carbocycles. The van der Waals surface area contributed by atoms with E-state index in [1.54, 1.807) is 12.1 Å². The van der Waals surface area contributed by atoms with Crippen LogP contribution in [0.25, 0.3) is 11.1 Å². The van der Waals surface area contributed by atoms with Crippen molar-refractivity contribution in [1.82, 2.24) is 0 Å². The van der Waals surface area contributed by atoms with Crippen molar-refractivity contribution in [2.24, 2.45) is 0 Å². The van der Waals surface area contributed by atoms with E-state index in [0.29, 0.717) is 10.6 Å². The summed E-state index contributed by atoms with van der Waals surface area (Å²) in [5.41, 5.74) is 2.03. The fourth-order valence-corrected chi connectivity index (χ4v) is 4.01. The van der Waals surface area contributed by atoms with Crippen molar-refractivity contribution in [2.75, 3.05) is 12.4 Å². The van der Waals surface area contributed by atoms with Crippen LogP contribution in [0, 0.1) is 0 Å². The van der Waals surface area contributed by atoms with Crippen LogP contribution in [0.15, 0.2) is 51.6 Å². The van der Waals surface area contributed by atoms with Gasteiger partial charge in [0, 0.05) is 14.9 Å². The molecular formula is C19H16BrNO4S. The molecular weight excluding hydrogens is 418 g/mol. The standard InChI is InChI=1S/C19H16BrNO4S/c1-3-14-15(11-6-8-12(20)9-7-11)16(19(23)24-2)18(26-14)21-17(22)13-5-4-10-25-13/h4-10H,3H2,1-2H3,(H,21,22). The Morgan fingerprint density at radius 1 is 1.23 bits per heavy atom. The van der Waals surface area contributed by atoms with Crippen LogP contribution >= 0.6 is 27.3 Å². The average Bonchev–Trinajstić information content (AvgIpc) is 3.29. The number of thiophene rings is 1. The molecule has 1 N–H and O–H groups in total. The number of esters is 1. The van der Waals surface area contributed by atoms with Gasteiger partial charge in [-0.2, -0.15) is 0 Å². The van der Waals surface area contributed by atoms with Crippen molar-refractivity contribution < 1.29 is 18.7 Å². The maximum Gasteiger partial charge on any atom is 0.341 e. The van der Waals surface area contributed by atoms with Crippen LogP contribution in [0.4, 0.5) is 5.00 Å². The molecule has 2 heterocycles. The highest BCUT2D eigenvalue weighted by Gasteiger charge is 2.26. The summed E-state index contributed by atoms with van der Waals surface area (Å²) in [6.45, 7) is 2.01. The first-order valence-corrected chi connectivity index (χ1v) is 9.50. The Kier molecular flexibility index (Phi) is 5.58. The number of aryl methyl sites for hydroxylation is 1. The summed E-state index contributed by atoms with van der Waals surface area (Å²) >= 11 is 4.79. The zero-order valence-corrected chi connectivity index (χ0v) is 16.6. The lowest BCUT2D eigenvalue weighted by atomic mass is 10.00. The lowest BCUT2D eigenvalue weighted by Gasteiger charge is -2.08. The van der Waals surface area contributed by atoms with E-state index in [1.807, 2.05) is 31.2 Å². The molecule has 2 aromatic heterocycles. The molecule has 5 nitrogen and oxygen atoms in total. The van der Waals surface area contributed by atoms with Gasteiger partial charge in [-0.05, 0) is 36.2 Å². The second-order valence-corrected chi connectivity index (χ2v) is 7.41. The second kappa shape index (κ2) is 7.88. The van der Waals surface area contributed by atoms with Crippen molar-refractivity contribution >= 4 is 44.1 Å². The normalized spacial score (nSPS) is 10.6. The Bertz CT molecular complexity index is 929. The molecule has 0 aliphatic rings. The van der Waals surface area contributed by atoms with Crippen LogP contribution in [0.1, 0.15) is 32.7 Å². The number of nitrogens with one attached hydrogen (secondary N) is 1. The Morgan fingerprint density at radius 3 is 2.54 bits per heavy atom. The number of methoxy groups -OCH3 is 1. The molecule has 0 saturated carbocycles. The molecule has 0 unspecified atom stereocenters. The summed E-state index contributed by atoms with van der Waals surface area (Å²) in [6, 6.07) is 10.9. The largest absolute Gasteiger partial charge is 0.465 e. The molecule has 1 amide bonds. The highest BCUT2D eigenvalue weighted by molar-refractivity contribution is 9.10. The van der Waals surface area contributed by atoms with Gasteiger partial charge in [-0.25, -0.2) is 4.79 Å². The first kappa shape index (κ1) is 18.4. The van der Waals surface area contributed by atoms with Crippen LogP contribution in [0.3, 0.4) is 0 Å². The molecule has 1 aromatic carbocycles. The third kappa shape index (κ3) is 3.59. The number of carbonyl (C=O) groups is 2. The van der Waals surface area contributed by atoms with Gasteiger partial charge in [0.05, 0.1) is 13.4 Å². The van der Waals surface area contributed by atoms with Gasteiger partial charge in [-0.1, -0.05) is 35.0 Å². The number of furan rings is 1. The summed E-state index contributed by atoms with van der Waals surface area (Å²) in [4.78, 5) is 25.9. The number of hydrogen-bond donors (Lipinski definition) is 1. The lowest BCUT2D eigenvalue weighted by molar-refractivity contribution is 0.0603. The summed E-state index contributed by atoms with van der Waals surface area (Å²) in [7, 11) is 1.33. The number of benzene rings is 1. The molecule has 0 fully saturated rings. The summed E-state index contributed by atoms with van der Waals surface area (Å²) in [5, 5.41) is 3.23. The molecule has 0 saturated heterocycles. The third-order valence-electron chi connectivity index (χ3n) is 3.80. The van der Waals surface area contributed by atoms with Crippen molar-refractivity contribution in [1.29, 1.82) is 0 Å². The van der Waals surface area contributed by atoms with E-state index in [1.165, 1.54) is 24.7 Å². The number of carbonyl (C=O) groups excluding carboxylic acids is 2. The molecule has 0 radical (unpaired) electrons. The molecule has 26 heavy (non-hydrogen) atoms. The molecule has 0 aliphatic heterocycles. The summed E-state index contributed by atoms with van der Waals surface area (Å²) in [5.74, 6) is -0.725. The monoisotopic (exact) mass is 433 g/mol. The zero-order valence-electron chi connectivity index (χ0n) is 14.2. The van der Waals surface area contributed by atoms with Crippen molar-refractivity contribution in [3.8, 4) is 11.1 Å². The average molecular weight is 434 g/mol. The summed E-state index contributed by atoms with van der Waals surface area (Å²) in [6.07, 6.45) is 2.14. The Hall–Kier alpha value is -2.38. The smallest absolute Gasteiger partial charge is 0.341 e. The molecule has 0 spiro atoms. The Labute approximate surface area is 163 Å². The third-order valence-corrected chi connectivity index (χ3v) is 5.57. The van der Waals surface area contributed by atoms with Gasteiger partial charge in [-0.15, -0.1) is 11.3 Å². The number of amides is 1. The Morgan fingerprint density at radius 2 is 1.96 bits per heavy atom. The molecule has 0 bridgehead atoms. The lowest BCUT2D eigenvalue weighted by Crippen LogP contribution is -2.13. The highest BCUT2D eigenvalue weighted by atomic mass is 79.9. The van der Waals surface area contributed by atoms with Gasteiger partial charge in [0.25, 0.3) is 5.91 Å². The van der Waals surface area contributed by atoms with Crippen LogP contribution in [0.2, 0.25) is 0 Å². The van der Waals surface area contributed by atoms with E-state index >= 15 is 0 Å². The van der Waals surface area contributed by atoms with Gasteiger partial charge in [0.15, 0.2) is 5.76 Å². The number of anilines is 1. The Balaban J connectivity index is 2.11. The fourth-order valence-electron chi connectivity index (χ4n) is 2.61. The number of halogens is 1.